The van der Waals surface area contributed by atoms with Gasteiger partial charge in [-0.1, -0.05) is 55.4 Å². The largest absolute Gasteiger partial charge is 0.334 e. The third kappa shape index (κ3) is 5.94. The van der Waals surface area contributed by atoms with Crippen molar-refractivity contribution in [2.75, 3.05) is 0 Å². The van der Waals surface area contributed by atoms with E-state index in [1.165, 1.54) is 0 Å². The van der Waals surface area contributed by atoms with Gasteiger partial charge in [0, 0.05) is 18.4 Å². The van der Waals surface area contributed by atoms with Gasteiger partial charge in [-0.15, -0.1) is 0 Å². The summed E-state index contributed by atoms with van der Waals surface area (Å²) in [7, 11) is 0. The molecule has 0 N–H and O–H groups in total. The topological polar surface area (TPSA) is 17.8 Å². The van der Waals surface area contributed by atoms with Gasteiger partial charge in [0.2, 0.25) is 0 Å². The number of rotatable bonds is 2. The zero-order chi connectivity index (χ0) is 13.2. The van der Waals surface area contributed by atoms with E-state index in [0.29, 0.717) is 11.5 Å². The number of nitrogens with zero attached hydrogens (tertiary/aromatic N) is 2. The Morgan fingerprint density at radius 1 is 1.12 bits per heavy atom. The summed E-state index contributed by atoms with van der Waals surface area (Å²) in [6, 6.07) is 0.556. The second-order valence-electron chi connectivity index (χ2n) is 4.30. The fraction of sp³-hybridized carbons (Fsp3) is 0.786. The maximum absolute atomic E-state index is 4.07. The van der Waals surface area contributed by atoms with Crippen molar-refractivity contribution < 1.29 is 0 Å². The van der Waals surface area contributed by atoms with Gasteiger partial charge in [0.1, 0.15) is 0 Å². The van der Waals surface area contributed by atoms with E-state index in [-0.39, 0.29) is 0 Å². The summed E-state index contributed by atoms with van der Waals surface area (Å²) in [5.74, 6) is 0. The smallest absolute Gasteiger partial charge is 0.0948 e. The van der Waals surface area contributed by atoms with E-state index >= 15 is 0 Å². The van der Waals surface area contributed by atoms with Crippen molar-refractivity contribution in [3.63, 3.8) is 0 Å². The van der Waals surface area contributed by atoms with E-state index < -0.39 is 0 Å². The molecule has 2 nitrogen and oxygen atoms in total. The Kier molecular flexibility index (Phi) is 10.4. The van der Waals surface area contributed by atoms with Gasteiger partial charge in [-0.3, -0.25) is 0 Å². The summed E-state index contributed by atoms with van der Waals surface area (Å²) in [4.78, 5) is 4.07. The lowest BCUT2D eigenvalue weighted by molar-refractivity contribution is 0.235. The molecule has 0 saturated heterocycles. The molecule has 0 bridgehead atoms. The van der Waals surface area contributed by atoms with E-state index in [0.717, 1.165) is 6.42 Å². The van der Waals surface area contributed by atoms with Crippen molar-refractivity contribution in [3.05, 3.63) is 18.7 Å². The molecule has 1 aromatic rings. The Balaban J connectivity index is 0. The van der Waals surface area contributed by atoms with Crippen molar-refractivity contribution in [3.8, 4) is 0 Å². The SMILES string of the molecule is CC.CC.CCC(n1ccnc1)C(C)(C)C. The van der Waals surface area contributed by atoms with Gasteiger partial charge in [-0.25, -0.2) is 4.98 Å². The second kappa shape index (κ2) is 9.44. The summed E-state index contributed by atoms with van der Waals surface area (Å²) in [5, 5.41) is 0. The Morgan fingerprint density at radius 2 is 1.62 bits per heavy atom. The Morgan fingerprint density at radius 3 is 1.88 bits per heavy atom. The summed E-state index contributed by atoms with van der Waals surface area (Å²) in [6.07, 6.45) is 6.94. The Bertz CT molecular complexity index is 219. The van der Waals surface area contributed by atoms with Crippen LogP contribution in [0, 0.1) is 5.41 Å². The highest BCUT2D eigenvalue weighted by molar-refractivity contribution is 4.85. The number of imidazole rings is 1. The summed E-state index contributed by atoms with van der Waals surface area (Å²) in [6.45, 7) is 17.0. The van der Waals surface area contributed by atoms with E-state index in [9.17, 15) is 0 Å². The maximum Gasteiger partial charge on any atom is 0.0948 e. The van der Waals surface area contributed by atoms with Crippen LogP contribution in [0.25, 0.3) is 0 Å². The van der Waals surface area contributed by atoms with Crippen LogP contribution < -0.4 is 0 Å². The molecule has 0 aliphatic rings. The monoisotopic (exact) mass is 226 g/mol. The first-order valence-electron chi connectivity index (χ1n) is 6.53. The number of hydrogen-bond acceptors (Lipinski definition) is 1. The van der Waals surface area contributed by atoms with Gasteiger partial charge in [0.25, 0.3) is 0 Å². The molecule has 1 atom stereocenters. The van der Waals surface area contributed by atoms with Crippen molar-refractivity contribution in [2.24, 2.45) is 5.41 Å². The van der Waals surface area contributed by atoms with Crippen molar-refractivity contribution in [1.82, 2.24) is 9.55 Å². The Hall–Kier alpha value is -0.790. The maximum atomic E-state index is 4.07. The molecule has 2 heteroatoms. The lowest BCUT2D eigenvalue weighted by atomic mass is 9.85. The van der Waals surface area contributed by atoms with Crippen molar-refractivity contribution >= 4 is 0 Å². The van der Waals surface area contributed by atoms with Crippen molar-refractivity contribution in [1.29, 1.82) is 0 Å². The van der Waals surface area contributed by atoms with Crippen LogP contribution in [0.5, 0.6) is 0 Å². The van der Waals surface area contributed by atoms with Gasteiger partial charge in [-0.2, -0.15) is 0 Å². The number of aromatic nitrogens is 2. The molecule has 0 spiro atoms. The average molecular weight is 226 g/mol. The van der Waals surface area contributed by atoms with E-state index in [2.05, 4.69) is 37.2 Å². The highest BCUT2D eigenvalue weighted by Gasteiger charge is 2.23. The summed E-state index contributed by atoms with van der Waals surface area (Å²) in [5.41, 5.74) is 0.315. The second-order valence-corrected chi connectivity index (χ2v) is 4.30. The van der Waals surface area contributed by atoms with Crippen LogP contribution in [-0.4, -0.2) is 9.55 Å². The highest BCUT2D eigenvalue weighted by atomic mass is 15.1. The van der Waals surface area contributed by atoms with E-state index in [1.54, 1.807) is 0 Å². The molecule has 1 unspecified atom stereocenters. The van der Waals surface area contributed by atoms with Crippen LogP contribution in [0.4, 0.5) is 0 Å². The summed E-state index contributed by atoms with van der Waals surface area (Å²) >= 11 is 0. The lowest BCUT2D eigenvalue weighted by Gasteiger charge is -2.30. The van der Waals surface area contributed by atoms with Gasteiger partial charge >= 0.3 is 0 Å². The average Bonchev–Trinajstić information content (AvgIpc) is 2.76. The molecular formula is C14H30N2. The van der Waals surface area contributed by atoms with Gasteiger partial charge in [-0.05, 0) is 11.8 Å². The third-order valence-electron chi connectivity index (χ3n) is 2.27. The molecule has 0 saturated carbocycles. The molecule has 96 valence electrons. The molecule has 16 heavy (non-hydrogen) atoms. The first kappa shape index (κ1) is 17.6. The molecule has 1 heterocycles. The summed E-state index contributed by atoms with van der Waals surface area (Å²) < 4.78 is 2.19. The first-order valence-corrected chi connectivity index (χ1v) is 6.53. The molecule has 0 radical (unpaired) electrons. The molecule has 0 amide bonds. The van der Waals surface area contributed by atoms with Crippen molar-refractivity contribution in [2.45, 2.75) is 67.9 Å². The fourth-order valence-electron chi connectivity index (χ4n) is 1.72. The highest BCUT2D eigenvalue weighted by Crippen LogP contribution is 2.32. The predicted octanol–water partition coefficient (Wildman–Crippen LogP) is 4.93. The molecule has 1 aromatic heterocycles. The molecule has 0 fully saturated rings. The third-order valence-corrected chi connectivity index (χ3v) is 2.27. The normalized spacial score (nSPS) is 11.8. The van der Waals surface area contributed by atoms with Gasteiger partial charge in [0.05, 0.1) is 6.33 Å². The number of hydrogen-bond donors (Lipinski definition) is 0. The molecule has 0 aliphatic carbocycles. The quantitative estimate of drug-likeness (QED) is 0.699. The standard InChI is InChI=1S/C10H18N2.2C2H6/c1-5-9(10(2,3)4)12-7-6-11-8-12;2*1-2/h6-9H,5H2,1-4H3;2*1-2H3. The van der Waals surface area contributed by atoms with Crippen LogP contribution in [-0.2, 0) is 0 Å². The zero-order valence-electron chi connectivity index (χ0n) is 12.4. The van der Waals surface area contributed by atoms with Crippen LogP contribution in [0.1, 0.15) is 67.9 Å². The fourth-order valence-corrected chi connectivity index (χ4v) is 1.72. The lowest BCUT2D eigenvalue weighted by Crippen LogP contribution is -2.22. The molecular weight excluding hydrogens is 196 g/mol. The first-order chi connectivity index (χ1) is 7.55. The molecule has 0 aromatic carbocycles. The van der Waals surface area contributed by atoms with Crippen LogP contribution in [0.2, 0.25) is 0 Å². The minimum absolute atomic E-state index is 0.315. The molecule has 0 aliphatic heterocycles. The van der Waals surface area contributed by atoms with Crippen LogP contribution in [0.3, 0.4) is 0 Å². The van der Waals surface area contributed by atoms with Gasteiger partial charge < -0.3 is 4.57 Å². The minimum Gasteiger partial charge on any atom is -0.334 e. The minimum atomic E-state index is 0.315. The predicted molar refractivity (Wildman–Crippen MR) is 73.7 cm³/mol. The van der Waals surface area contributed by atoms with Crippen LogP contribution >= 0.6 is 0 Å². The van der Waals surface area contributed by atoms with E-state index in [1.807, 2.05) is 46.4 Å². The van der Waals surface area contributed by atoms with Gasteiger partial charge in [0.15, 0.2) is 0 Å². The van der Waals surface area contributed by atoms with Crippen LogP contribution in [0.15, 0.2) is 18.7 Å². The van der Waals surface area contributed by atoms with E-state index in [4.69, 9.17) is 0 Å². The zero-order valence-corrected chi connectivity index (χ0v) is 12.4. The molecule has 1 rings (SSSR count). The Labute approximate surface area is 102 Å².